The number of hydrogen-bond donors (Lipinski definition) is 0. The van der Waals surface area contributed by atoms with E-state index in [1.54, 1.807) is 44.2 Å². The van der Waals surface area contributed by atoms with Gasteiger partial charge in [0.1, 0.15) is 0 Å². The molecule has 0 aliphatic rings. The molecule has 0 heterocycles. The fourth-order valence-electron chi connectivity index (χ4n) is 2.04. The van der Waals surface area contributed by atoms with Gasteiger partial charge in [0.25, 0.3) is 0 Å². The Bertz CT molecular complexity index is 581. The molecule has 7 heteroatoms. The highest BCUT2D eigenvalue weighted by molar-refractivity contribution is 5.97. The molecule has 0 spiro atoms. The van der Waals surface area contributed by atoms with E-state index in [9.17, 15) is 19.7 Å². The highest BCUT2D eigenvalue weighted by Crippen LogP contribution is 2.26. The summed E-state index contributed by atoms with van der Waals surface area (Å²) >= 11 is 0. The van der Waals surface area contributed by atoms with Crippen molar-refractivity contribution in [3.8, 4) is 0 Å². The van der Waals surface area contributed by atoms with E-state index in [2.05, 4.69) is 0 Å². The Kier molecular flexibility index (Phi) is 7.45. The van der Waals surface area contributed by atoms with Crippen LogP contribution in [0.5, 0.6) is 0 Å². The second kappa shape index (κ2) is 9.34. The molecule has 23 heavy (non-hydrogen) atoms. The molecular formula is C16H19NO6. The zero-order chi connectivity index (χ0) is 17.2. The molecule has 0 aliphatic heterocycles. The molecule has 0 aromatic heterocycles. The second-order valence-corrected chi connectivity index (χ2v) is 4.55. The molecule has 1 rings (SSSR count). The number of ether oxygens (including phenoxy) is 2. The summed E-state index contributed by atoms with van der Waals surface area (Å²) in [5, 5.41) is 11.0. The molecule has 0 amide bonds. The maximum Gasteiger partial charge on any atom is 0.335 e. The third-order valence-electron chi connectivity index (χ3n) is 2.98. The van der Waals surface area contributed by atoms with Crippen LogP contribution in [0.1, 0.15) is 25.3 Å². The molecule has 1 aromatic carbocycles. The Labute approximate surface area is 134 Å². The summed E-state index contributed by atoms with van der Waals surface area (Å²) in [7, 11) is 0. The van der Waals surface area contributed by atoms with Crippen molar-refractivity contribution in [1.29, 1.82) is 0 Å². The Morgan fingerprint density at radius 2 is 1.78 bits per heavy atom. The van der Waals surface area contributed by atoms with E-state index in [1.165, 1.54) is 0 Å². The number of nitrogens with zero attached hydrogens (tertiary/aromatic N) is 1. The number of rotatable bonds is 8. The van der Waals surface area contributed by atoms with Crippen molar-refractivity contribution < 1.29 is 24.0 Å². The van der Waals surface area contributed by atoms with Gasteiger partial charge in [-0.1, -0.05) is 30.3 Å². The molecule has 0 radical (unpaired) electrons. The van der Waals surface area contributed by atoms with Gasteiger partial charge in [0.2, 0.25) is 6.54 Å². The maximum atomic E-state index is 12.2. The van der Waals surface area contributed by atoms with Crippen LogP contribution >= 0.6 is 0 Å². The molecule has 7 nitrogen and oxygen atoms in total. The zero-order valence-electron chi connectivity index (χ0n) is 13.1. The highest BCUT2D eigenvalue weighted by Gasteiger charge is 2.29. The monoisotopic (exact) mass is 321 g/mol. The Morgan fingerprint density at radius 3 is 2.30 bits per heavy atom. The zero-order valence-corrected chi connectivity index (χ0v) is 13.1. The molecular weight excluding hydrogens is 302 g/mol. The van der Waals surface area contributed by atoms with E-state index in [4.69, 9.17) is 9.47 Å². The van der Waals surface area contributed by atoms with Crippen LogP contribution in [0.15, 0.2) is 42.0 Å². The van der Waals surface area contributed by atoms with E-state index in [1.807, 2.05) is 0 Å². The average molecular weight is 321 g/mol. The Balaban J connectivity index is 3.28. The molecule has 124 valence electrons. The summed E-state index contributed by atoms with van der Waals surface area (Å²) in [5.41, 5.74) is 0.459. The minimum atomic E-state index is -0.894. The summed E-state index contributed by atoms with van der Waals surface area (Å²) < 4.78 is 9.73. The third kappa shape index (κ3) is 5.90. The van der Waals surface area contributed by atoms with Gasteiger partial charge < -0.3 is 9.47 Å². The van der Waals surface area contributed by atoms with Gasteiger partial charge in [-0.15, -0.1) is 0 Å². The van der Waals surface area contributed by atoms with Crippen molar-refractivity contribution in [1.82, 2.24) is 0 Å². The smallest absolute Gasteiger partial charge is 0.335 e. The van der Waals surface area contributed by atoms with E-state index < -0.39 is 29.3 Å². The van der Waals surface area contributed by atoms with Crippen LogP contribution in [0, 0.1) is 10.1 Å². The van der Waals surface area contributed by atoms with Crippen molar-refractivity contribution in [2.45, 2.75) is 19.8 Å². The lowest BCUT2D eigenvalue weighted by Crippen LogP contribution is -2.22. The second-order valence-electron chi connectivity index (χ2n) is 4.55. The van der Waals surface area contributed by atoms with Gasteiger partial charge in [-0.2, -0.15) is 0 Å². The minimum Gasteiger partial charge on any atom is -0.463 e. The van der Waals surface area contributed by atoms with Crippen molar-refractivity contribution in [2.24, 2.45) is 0 Å². The van der Waals surface area contributed by atoms with Gasteiger partial charge in [0.15, 0.2) is 0 Å². The van der Waals surface area contributed by atoms with Crippen LogP contribution in [0.3, 0.4) is 0 Å². The largest absolute Gasteiger partial charge is 0.463 e. The Hall–Kier alpha value is -2.70. The third-order valence-corrected chi connectivity index (χ3v) is 2.98. The number of esters is 2. The lowest BCUT2D eigenvalue weighted by Gasteiger charge is -2.16. The lowest BCUT2D eigenvalue weighted by molar-refractivity contribution is -0.481. The molecule has 0 N–H and O–H groups in total. The van der Waals surface area contributed by atoms with E-state index in [0.29, 0.717) is 5.56 Å². The van der Waals surface area contributed by atoms with Gasteiger partial charge in [0, 0.05) is 11.0 Å². The first kappa shape index (κ1) is 18.3. The van der Waals surface area contributed by atoms with Gasteiger partial charge in [-0.3, -0.25) is 10.1 Å². The predicted molar refractivity (Wildman–Crippen MR) is 82.4 cm³/mol. The molecule has 0 bridgehead atoms. The van der Waals surface area contributed by atoms with Crippen LogP contribution in [0.2, 0.25) is 0 Å². The highest BCUT2D eigenvalue weighted by atomic mass is 16.6. The quantitative estimate of drug-likeness (QED) is 0.315. The first-order chi connectivity index (χ1) is 11.0. The number of hydrogen-bond acceptors (Lipinski definition) is 6. The predicted octanol–water partition coefficient (Wildman–Crippen LogP) is 2.10. The van der Waals surface area contributed by atoms with Crippen molar-refractivity contribution in [2.75, 3.05) is 19.8 Å². The first-order valence-corrected chi connectivity index (χ1v) is 7.21. The number of carbonyl (C=O) groups excluding carboxylic acids is 2. The van der Waals surface area contributed by atoms with E-state index in [0.717, 1.165) is 6.08 Å². The molecule has 0 fully saturated rings. The lowest BCUT2D eigenvalue weighted by atomic mass is 9.90. The molecule has 0 saturated carbocycles. The van der Waals surface area contributed by atoms with Gasteiger partial charge in [-0.25, -0.2) is 9.59 Å². The van der Waals surface area contributed by atoms with Gasteiger partial charge in [-0.05, 0) is 19.4 Å². The molecule has 1 atom stereocenters. The molecule has 0 unspecified atom stereocenters. The molecule has 0 aliphatic carbocycles. The van der Waals surface area contributed by atoms with Crippen LogP contribution < -0.4 is 0 Å². The fraction of sp³-hybridized carbons (Fsp3) is 0.375. The summed E-state index contributed by atoms with van der Waals surface area (Å²) in [6.07, 6.45) is 0.975. The normalized spacial score (nSPS) is 12.3. The van der Waals surface area contributed by atoms with Crippen LogP contribution in [0.4, 0.5) is 0 Å². The summed E-state index contributed by atoms with van der Waals surface area (Å²) in [6, 6.07) is 8.48. The van der Waals surface area contributed by atoms with E-state index >= 15 is 0 Å². The molecule has 0 saturated heterocycles. The fourth-order valence-corrected chi connectivity index (χ4v) is 2.04. The SMILES string of the molecule is CCOC(=O)/C=C(/C(=O)OCC)[C@H](C[N+](=O)[O-])c1ccccc1. The minimum absolute atomic E-state index is 0.0896. The van der Waals surface area contributed by atoms with Crippen molar-refractivity contribution >= 4 is 11.9 Å². The molecule has 1 aromatic rings. The average Bonchev–Trinajstić information content (AvgIpc) is 2.52. The Morgan fingerprint density at radius 1 is 1.17 bits per heavy atom. The number of carbonyl (C=O) groups is 2. The van der Waals surface area contributed by atoms with Crippen LogP contribution in [-0.2, 0) is 19.1 Å². The number of nitro groups is 1. The topological polar surface area (TPSA) is 95.7 Å². The standard InChI is InChI=1S/C16H19NO6/c1-3-22-15(18)10-13(16(19)23-4-2)14(11-17(20)21)12-8-6-5-7-9-12/h5-10,14H,3-4,11H2,1-2H3/b13-10+/t14-/m1/s1. The van der Waals surface area contributed by atoms with E-state index in [-0.39, 0.29) is 18.8 Å². The van der Waals surface area contributed by atoms with Crippen LogP contribution in [-0.4, -0.2) is 36.6 Å². The summed E-state index contributed by atoms with van der Waals surface area (Å²) in [5.74, 6) is -2.40. The first-order valence-electron chi connectivity index (χ1n) is 7.21. The van der Waals surface area contributed by atoms with Crippen molar-refractivity contribution in [3.63, 3.8) is 0 Å². The summed E-state index contributed by atoms with van der Waals surface area (Å²) in [4.78, 5) is 34.3. The number of benzene rings is 1. The van der Waals surface area contributed by atoms with Crippen LogP contribution in [0.25, 0.3) is 0 Å². The van der Waals surface area contributed by atoms with Crippen molar-refractivity contribution in [3.05, 3.63) is 57.7 Å². The maximum absolute atomic E-state index is 12.2. The van der Waals surface area contributed by atoms with Gasteiger partial charge in [0.05, 0.1) is 24.7 Å². The van der Waals surface area contributed by atoms with Gasteiger partial charge >= 0.3 is 11.9 Å². The summed E-state index contributed by atoms with van der Waals surface area (Å²) in [6.45, 7) is 2.94.